The maximum absolute atomic E-state index is 13.5. The Morgan fingerprint density at radius 2 is 1.89 bits per heavy atom. The zero-order chi connectivity index (χ0) is 26.6. The molecule has 9 nitrogen and oxygen atoms in total. The molecule has 0 heterocycles. The maximum atomic E-state index is 13.5. The van der Waals surface area contributed by atoms with E-state index >= 15 is 0 Å². The van der Waals surface area contributed by atoms with Gasteiger partial charge in [-0.3, -0.25) is 14.4 Å². The Bertz CT molecular complexity index is 894. The molecule has 9 heteroatoms. The van der Waals surface area contributed by atoms with Crippen LogP contribution in [0.15, 0.2) is 30.8 Å². The van der Waals surface area contributed by atoms with E-state index in [1.807, 2.05) is 6.07 Å². The molecule has 4 amide bonds. The van der Waals surface area contributed by atoms with Crippen molar-refractivity contribution in [1.29, 1.82) is 0 Å². The third-order valence-electron chi connectivity index (χ3n) is 5.19. The number of carbonyl (C=O) groups excluding carboxylic acids is 4. The summed E-state index contributed by atoms with van der Waals surface area (Å²) in [5.74, 6) is -1.50. The van der Waals surface area contributed by atoms with Crippen LogP contribution in [0.1, 0.15) is 77.0 Å². The van der Waals surface area contributed by atoms with Gasteiger partial charge in [0, 0.05) is 20.0 Å². The Morgan fingerprint density at radius 1 is 1.20 bits per heavy atom. The number of benzene rings is 1. The molecule has 0 aliphatic rings. The third kappa shape index (κ3) is 10.6. The smallest absolute Gasteiger partial charge is 0.408 e. The van der Waals surface area contributed by atoms with Crippen molar-refractivity contribution in [1.82, 2.24) is 15.5 Å². The van der Waals surface area contributed by atoms with Gasteiger partial charge in [-0.25, -0.2) is 4.79 Å². The molecule has 2 unspecified atom stereocenters. The normalized spacial score (nSPS) is 12.7. The molecule has 0 aromatic heterocycles. The highest BCUT2D eigenvalue weighted by Crippen LogP contribution is 2.23. The number of hydrogen-bond donors (Lipinski definition) is 3. The van der Waals surface area contributed by atoms with E-state index in [0.717, 1.165) is 24.8 Å². The van der Waals surface area contributed by atoms with Crippen LogP contribution in [0.3, 0.4) is 0 Å². The van der Waals surface area contributed by atoms with Crippen LogP contribution in [0.4, 0.5) is 4.79 Å². The first kappa shape index (κ1) is 29.7. The molecule has 0 bridgehead atoms. The molecule has 1 aromatic carbocycles. The van der Waals surface area contributed by atoms with Gasteiger partial charge in [0.15, 0.2) is 0 Å². The summed E-state index contributed by atoms with van der Waals surface area (Å²) in [5, 5.41) is 5.43. The second kappa shape index (κ2) is 14.1. The van der Waals surface area contributed by atoms with Crippen LogP contribution < -0.4 is 16.4 Å². The SMILES string of the molecule is C=Cc1cccc(C(C(=O)NCCCCC)N(C)C(=O)C(CCC(N)=O)NC(=O)OC(C)(C)C)c1. The molecule has 2 atom stereocenters. The summed E-state index contributed by atoms with van der Waals surface area (Å²) in [4.78, 5) is 51.8. The lowest BCUT2D eigenvalue weighted by atomic mass is 10.00. The number of hydrogen-bond acceptors (Lipinski definition) is 5. The Labute approximate surface area is 208 Å². The lowest BCUT2D eigenvalue weighted by Crippen LogP contribution is -2.52. The summed E-state index contributed by atoms with van der Waals surface area (Å²) >= 11 is 0. The highest BCUT2D eigenvalue weighted by atomic mass is 16.6. The fraction of sp³-hybridized carbons (Fsp3) is 0.538. The molecule has 0 radical (unpaired) electrons. The van der Waals surface area contributed by atoms with Crippen molar-refractivity contribution in [2.75, 3.05) is 13.6 Å². The summed E-state index contributed by atoms with van der Waals surface area (Å²) in [6, 6.07) is 5.10. The largest absolute Gasteiger partial charge is 0.444 e. The van der Waals surface area contributed by atoms with Crippen LogP contribution in [-0.2, 0) is 19.1 Å². The first-order valence-electron chi connectivity index (χ1n) is 11.9. The van der Waals surface area contributed by atoms with E-state index in [1.54, 1.807) is 45.0 Å². The number of primary amides is 1. The lowest BCUT2D eigenvalue weighted by Gasteiger charge is -2.31. The molecular formula is C26H40N4O5. The molecule has 194 valence electrons. The first-order chi connectivity index (χ1) is 16.4. The molecule has 1 aromatic rings. The van der Waals surface area contributed by atoms with Crippen molar-refractivity contribution in [2.24, 2.45) is 5.73 Å². The first-order valence-corrected chi connectivity index (χ1v) is 11.9. The molecule has 0 spiro atoms. The van der Waals surface area contributed by atoms with Gasteiger partial charge in [-0.15, -0.1) is 0 Å². The van der Waals surface area contributed by atoms with Crippen molar-refractivity contribution < 1.29 is 23.9 Å². The number of alkyl carbamates (subject to hydrolysis) is 1. The zero-order valence-electron chi connectivity index (χ0n) is 21.6. The Kier molecular flexibility index (Phi) is 12.0. The number of amides is 4. The van der Waals surface area contributed by atoms with Crippen molar-refractivity contribution in [2.45, 2.75) is 77.5 Å². The van der Waals surface area contributed by atoms with Gasteiger partial charge in [-0.05, 0) is 50.8 Å². The number of carbonyl (C=O) groups is 4. The molecule has 0 fully saturated rings. The van der Waals surface area contributed by atoms with Gasteiger partial charge in [0.1, 0.15) is 17.7 Å². The predicted molar refractivity (Wildman–Crippen MR) is 136 cm³/mol. The van der Waals surface area contributed by atoms with E-state index in [4.69, 9.17) is 10.5 Å². The summed E-state index contributed by atoms with van der Waals surface area (Å²) < 4.78 is 5.28. The Hall–Kier alpha value is -3.36. The van der Waals surface area contributed by atoms with E-state index in [-0.39, 0.29) is 18.7 Å². The molecular weight excluding hydrogens is 448 g/mol. The van der Waals surface area contributed by atoms with Gasteiger partial charge in [0.05, 0.1) is 0 Å². The topological polar surface area (TPSA) is 131 Å². The maximum Gasteiger partial charge on any atom is 0.408 e. The van der Waals surface area contributed by atoms with Gasteiger partial charge in [-0.1, -0.05) is 50.6 Å². The molecule has 0 aliphatic carbocycles. The van der Waals surface area contributed by atoms with Crippen LogP contribution >= 0.6 is 0 Å². The van der Waals surface area contributed by atoms with E-state index in [1.165, 1.54) is 11.9 Å². The molecule has 0 saturated carbocycles. The molecule has 0 aliphatic heterocycles. The van der Waals surface area contributed by atoms with Crippen molar-refractivity contribution >= 4 is 29.9 Å². The Balaban J connectivity index is 3.24. The van der Waals surface area contributed by atoms with E-state index in [0.29, 0.717) is 12.1 Å². The molecule has 4 N–H and O–H groups in total. The number of nitrogens with zero attached hydrogens (tertiary/aromatic N) is 1. The van der Waals surface area contributed by atoms with E-state index < -0.39 is 35.6 Å². The second-order valence-corrected chi connectivity index (χ2v) is 9.43. The minimum absolute atomic E-state index is 0.0325. The van der Waals surface area contributed by atoms with Crippen molar-refractivity contribution in [3.63, 3.8) is 0 Å². The number of ether oxygens (including phenoxy) is 1. The lowest BCUT2D eigenvalue weighted by molar-refractivity contribution is -0.141. The summed E-state index contributed by atoms with van der Waals surface area (Å²) in [5.41, 5.74) is 5.89. The fourth-order valence-electron chi connectivity index (χ4n) is 3.46. The minimum atomic E-state index is -1.11. The van der Waals surface area contributed by atoms with E-state index in [2.05, 4.69) is 24.1 Å². The highest BCUT2D eigenvalue weighted by molar-refractivity contribution is 5.92. The highest BCUT2D eigenvalue weighted by Gasteiger charge is 2.34. The van der Waals surface area contributed by atoms with Crippen LogP contribution in [0.5, 0.6) is 0 Å². The minimum Gasteiger partial charge on any atom is -0.444 e. The Morgan fingerprint density at radius 3 is 2.46 bits per heavy atom. The van der Waals surface area contributed by atoms with E-state index in [9.17, 15) is 19.2 Å². The number of likely N-dealkylation sites (N-methyl/N-ethyl adjacent to an activating group) is 1. The van der Waals surface area contributed by atoms with Crippen molar-refractivity contribution in [3.8, 4) is 0 Å². The second-order valence-electron chi connectivity index (χ2n) is 9.43. The van der Waals surface area contributed by atoms with Gasteiger partial charge in [0.25, 0.3) is 0 Å². The average molecular weight is 489 g/mol. The van der Waals surface area contributed by atoms with Crippen LogP contribution in [0.2, 0.25) is 0 Å². The number of nitrogens with one attached hydrogen (secondary N) is 2. The fourth-order valence-corrected chi connectivity index (χ4v) is 3.46. The van der Waals surface area contributed by atoms with Crippen LogP contribution in [-0.4, -0.2) is 54.0 Å². The summed E-state index contributed by atoms with van der Waals surface area (Å²) in [7, 11) is 1.49. The van der Waals surface area contributed by atoms with Gasteiger partial charge in [-0.2, -0.15) is 0 Å². The number of rotatable bonds is 13. The van der Waals surface area contributed by atoms with Gasteiger partial charge >= 0.3 is 6.09 Å². The quantitative estimate of drug-likeness (QED) is 0.367. The average Bonchev–Trinajstić information content (AvgIpc) is 2.78. The van der Waals surface area contributed by atoms with Gasteiger partial charge < -0.3 is 26.0 Å². The summed E-state index contributed by atoms with van der Waals surface area (Å²) in [6.07, 6.45) is 3.50. The molecule has 35 heavy (non-hydrogen) atoms. The molecule has 0 saturated heterocycles. The van der Waals surface area contributed by atoms with Crippen LogP contribution in [0, 0.1) is 0 Å². The summed E-state index contributed by atoms with van der Waals surface area (Å²) in [6.45, 7) is 11.4. The monoisotopic (exact) mass is 488 g/mol. The van der Waals surface area contributed by atoms with Crippen LogP contribution in [0.25, 0.3) is 6.08 Å². The standard InChI is InChI=1S/C26H40N4O5/c1-7-9-10-16-28-23(32)22(19-13-11-12-18(8-2)17-19)30(6)24(33)20(14-15-21(27)31)29-25(34)35-26(3,4)5/h8,11-13,17,20,22H,2,7,9-10,14-16H2,1,3-6H3,(H2,27,31)(H,28,32)(H,29,34). The number of unbranched alkanes of at least 4 members (excludes halogenated alkanes) is 2. The predicted octanol–water partition coefficient (Wildman–Crippen LogP) is 3.29. The molecule has 1 rings (SSSR count). The zero-order valence-corrected chi connectivity index (χ0v) is 21.6. The number of nitrogens with two attached hydrogens (primary N) is 1. The van der Waals surface area contributed by atoms with Gasteiger partial charge in [0.2, 0.25) is 17.7 Å². The van der Waals surface area contributed by atoms with Crippen molar-refractivity contribution in [3.05, 3.63) is 42.0 Å². The third-order valence-corrected chi connectivity index (χ3v) is 5.19.